The predicted molar refractivity (Wildman–Crippen MR) is 144 cm³/mol. The second-order valence-corrected chi connectivity index (χ2v) is 8.72. The maximum Gasteiger partial charge on any atom is 0.164 e. The quantitative estimate of drug-likeness (QED) is 0.260. The lowest BCUT2D eigenvalue weighted by Crippen LogP contribution is -2.01. The third-order valence-electron chi connectivity index (χ3n) is 6.00. The molecule has 0 saturated carbocycles. The van der Waals surface area contributed by atoms with Crippen molar-refractivity contribution in [1.29, 1.82) is 0 Å². The molecule has 1 aromatic heterocycles. The van der Waals surface area contributed by atoms with Crippen molar-refractivity contribution in [3.05, 3.63) is 126 Å². The van der Waals surface area contributed by atoms with Crippen LogP contribution in [0.2, 0.25) is 5.02 Å². The summed E-state index contributed by atoms with van der Waals surface area (Å²) >= 11 is 6.13. The van der Waals surface area contributed by atoms with Gasteiger partial charge in [0.2, 0.25) is 0 Å². The zero-order valence-corrected chi connectivity index (χ0v) is 19.5. The Bertz CT molecular complexity index is 1640. The van der Waals surface area contributed by atoms with Gasteiger partial charge in [-0.15, -0.1) is 0 Å². The fraction of sp³-hybridized carbons (Fsp3) is 0. The number of fused-ring (bicyclic) bond motifs is 1. The smallest absolute Gasteiger partial charge is 0.164 e. The Morgan fingerprint density at radius 2 is 0.943 bits per heavy atom. The molecule has 0 saturated heterocycles. The molecule has 0 aliphatic carbocycles. The van der Waals surface area contributed by atoms with E-state index in [1.807, 2.05) is 66.7 Å². The van der Waals surface area contributed by atoms with Gasteiger partial charge < -0.3 is 0 Å². The summed E-state index contributed by atoms with van der Waals surface area (Å²) < 4.78 is 0. The monoisotopic (exact) mass is 469 g/mol. The molecule has 1 heterocycles. The molecule has 0 fully saturated rings. The summed E-state index contributed by atoms with van der Waals surface area (Å²) in [5, 5.41) is 3.08. The lowest BCUT2D eigenvalue weighted by atomic mass is 9.96. The van der Waals surface area contributed by atoms with Gasteiger partial charge in [0.05, 0.1) is 0 Å². The van der Waals surface area contributed by atoms with E-state index in [1.165, 1.54) is 10.8 Å². The number of hydrogen-bond acceptors (Lipinski definition) is 3. The molecule has 0 amide bonds. The molecule has 0 atom stereocenters. The lowest BCUT2D eigenvalue weighted by Gasteiger charge is -2.12. The Morgan fingerprint density at radius 1 is 0.400 bits per heavy atom. The molecular formula is C31H20ClN3. The Balaban J connectivity index is 1.55. The van der Waals surface area contributed by atoms with Crippen LogP contribution in [0, 0.1) is 0 Å². The van der Waals surface area contributed by atoms with Crippen LogP contribution in [0.3, 0.4) is 0 Å². The van der Waals surface area contributed by atoms with Gasteiger partial charge in [0.15, 0.2) is 17.5 Å². The summed E-state index contributed by atoms with van der Waals surface area (Å²) in [6.45, 7) is 0. The van der Waals surface area contributed by atoms with Crippen molar-refractivity contribution >= 4 is 22.4 Å². The predicted octanol–water partition coefficient (Wildman–Crippen LogP) is 8.35. The van der Waals surface area contributed by atoms with Gasteiger partial charge in [-0.3, -0.25) is 0 Å². The molecule has 0 aliphatic heterocycles. The largest absolute Gasteiger partial charge is 0.208 e. The molecule has 0 aliphatic rings. The molecule has 0 spiro atoms. The van der Waals surface area contributed by atoms with Crippen LogP contribution in [0.5, 0.6) is 0 Å². The summed E-state index contributed by atoms with van der Waals surface area (Å²) in [6, 6.07) is 40.7. The van der Waals surface area contributed by atoms with E-state index in [9.17, 15) is 0 Å². The van der Waals surface area contributed by atoms with E-state index >= 15 is 0 Å². The standard InChI is InChI=1S/C31H20ClN3/c32-26-18-16-23(17-19-26)30-33-29(22-9-2-1-3-10-22)34-31(35-30)28-13-7-6-12-27(28)25-15-14-21-8-4-5-11-24(21)20-25/h1-20H. The number of nitrogens with zero attached hydrogens (tertiary/aromatic N) is 3. The van der Waals surface area contributed by atoms with E-state index in [2.05, 4.69) is 54.6 Å². The molecule has 6 aromatic rings. The molecule has 3 nitrogen and oxygen atoms in total. The first-order chi connectivity index (χ1) is 17.2. The third-order valence-corrected chi connectivity index (χ3v) is 6.25. The van der Waals surface area contributed by atoms with Gasteiger partial charge in [0.1, 0.15) is 0 Å². The summed E-state index contributed by atoms with van der Waals surface area (Å²) in [6.07, 6.45) is 0. The molecule has 4 heteroatoms. The highest BCUT2D eigenvalue weighted by Crippen LogP contribution is 2.34. The summed E-state index contributed by atoms with van der Waals surface area (Å²) in [5.41, 5.74) is 4.98. The van der Waals surface area contributed by atoms with Gasteiger partial charge in [0, 0.05) is 21.7 Å². The Kier molecular flexibility index (Phi) is 5.53. The van der Waals surface area contributed by atoms with E-state index in [4.69, 9.17) is 26.6 Å². The molecule has 0 N–H and O–H groups in total. The molecule has 166 valence electrons. The van der Waals surface area contributed by atoms with Crippen LogP contribution in [0.15, 0.2) is 121 Å². The maximum atomic E-state index is 6.13. The van der Waals surface area contributed by atoms with Crippen LogP contribution >= 0.6 is 11.6 Å². The molecule has 0 bridgehead atoms. The lowest BCUT2D eigenvalue weighted by molar-refractivity contribution is 1.07. The van der Waals surface area contributed by atoms with Gasteiger partial charge >= 0.3 is 0 Å². The number of rotatable bonds is 4. The Labute approximate surface area is 208 Å². The highest BCUT2D eigenvalue weighted by atomic mass is 35.5. The number of hydrogen-bond donors (Lipinski definition) is 0. The topological polar surface area (TPSA) is 38.7 Å². The fourth-order valence-corrected chi connectivity index (χ4v) is 4.35. The van der Waals surface area contributed by atoms with Crippen molar-refractivity contribution < 1.29 is 0 Å². The molecule has 5 aromatic carbocycles. The van der Waals surface area contributed by atoms with Gasteiger partial charge in [-0.05, 0) is 52.2 Å². The van der Waals surface area contributed by atoms with Crippen molar-refractivity contribution in [2.75, 3.05) is 0 Å². The third kappa shape index (κ3) is 4.30. The molecule has 0 unspecified atom stereocenters. The maximum absolute atomic E-state index is 6.13. The number of halogens is 1. The second kappa shape index (κ2) is 9.13. The van der Waals surface area contributed by atoms with Crippen LogP contribution in [0.4, 0.5) is 0 Å². The second-order valence-electron chi connectivity index (χ2n) is 8.29. The molecular weight excluding hydrogens is 450 g/mol. The van der Waals surface area contributed by atoms with E-state index < -0.39 is 0 Å². The Morgan fingerprint density at radius 3 is 1.69 bits per heavy atom. The minimum atomic E-state index is 0.610. The van der Waals surface area contributed by atoms with Crippen LogP contribution in [-0.4, -0.2) is 15.0 Å². The summed E-state index contributed by atoms with van der Waals surface area (Å²) in [4.78, 5) is 14.6. The van der Waals surface area contributed by atoms with E-state index in [0.29, 0.717) is 22.5 Å². The van der Waals surface area contributed by atoms with Crippen molar-refractivity contribution in [3.63, 3.8) is 0 Å². The van der Waals surface area contributed by atoms with Gasteiger partial charge in [0.25, 0.3) is 0 Å². The fourth-order valence-electron chi connectivity index (χ4n) is 4.23. The number of aromatic nitrogens is 3. The molecule has 35 heavy (non-hydrogen) atoms. The van der Waals surface area contributed by atoms with Crippen molar-refractivity contribution in [1.82, 2.24) is 15.0 Å². The average molecular weight is 470 g/mol. The SMILES string of the molecule is Clc1ccc(-c2nc(-c3ccccc3)nc(-c3ccccc3-c3ccc4ccccc4c3)n2)cc1. The Hall–Kier alpha value is -4.34. The van der Waals surface area contributed by atoms with Gasteiger partial charge in [-0.1, -0.05) is 103 Å². The minimum absolute atomic E-state index is 0.610. The summed E-state index contributed by atoms with van der Waals surface area (Å²) in [7, 11) is 0. The number of benzene rings is 5. The van der Waals surface area contributed by atoms with Crippen molar-refractivity contribution in [2.45, 2.75) is 0 Å². The van der Waals surface area contributed by atoms with Crippen LogP contribution in [-0.2, 0) is 0 Å². The van der Waals surface area contributed by atoms with Crippen LogP contribution in [0.25, 0.3) is 56.1 Å². The first kappa shape index (κ1) is 21.2. The van der Waals surface area contributed by atoms with Crippen LogP contribution < -0.4 is 0 Å². The normalized spacial score (nSPS) is 11.0. The van der Waals surface area contributed by atoms with Crippen molar-refractivity contribution in [2.24, 2.45) is 0 Å². The molecule has 0 radical (unpaired) electrons. The van der Waals surface area contributed by atoms with Gasteiger partial charge in [-0.2, -0.15) is 0 Å². The molecule has 6 rings (SSSR count). The zero-order valence-electron chi connectivity index (χ0n) is 18.8. The van der Waals surface area contributed by atoms with Crippen molar-refractivity contribution in [3.8, 4) is 45.3 Å². The van der Waals surface area contributed by atoms with E-state index in [1.54, 1.807) is 0 Å². The van der Waals surface area contributed by atoms with Gasteiger partial charge in [-0.25, -0.2) is 15.0 Å². The van der Waals surface area contributed by atoms with E-state index in [0.717, 1.165) is 27.8 Å². The first-order valence-electron chi connectivity index (χ1n) is 11.4. The van der Waals surface area contributed by atoms with E-state index in [-0.39, 0.29) is 0 Å². The summed E-state index contributed by atoms with van der Waals surface area (Å²) in [5.74, 6) is 1.88. The highest BCUT2D eigenvalue weighted by molar-refractivity contribution is 6.30. The minimum Gasteiger partial charge on any atom is -0.208 e. The highest BCUT2D eigenvalue weighted by Gasteiger charge is 2.15. The zero-order chi connectivity index (χ0) is 23.6. The average Bonchev–Trinajstić information content (AvgIpc) is 2.93. The van der Waals surface area contributed by atoms with Crippen LogP contribution in [0.1, 0.15) is 0 Å². The first-order valence-corrected chi connectivity index (χ1v) is 11.8.